The van der Waals surface area contributed by atoms with Gasteiger partial charge in [-0.05, 0) is 37.7 Å². The van der Waals surface area contributed by atoms with Crippen molar-refractivity contribution in [2.24, 2.45) is 5.92 Å². The third-order valence-electron chi connectivity index (χ3n) is 4.26. The Balaban J connectivity index is 2.02. The molecule has 1 N–H and O–H groups in total. The number of amides is 1. The number of rotatable bonds is 4. The van der Waals surface area contributed by atoms with Crippen LogP contribution in [-0.2, 0) is 11.2 Å². The van der Waals surface area contributed by atoms with Crippen LogP contribution in [0.4, 0.5) is 0 Å². The number of hydrogen-bond acceptors (Lipinski definition) is 3. The maximum absolute atomic E-state index is 12.3. The first-order valence-corrected chi connectivity index (χ1v) is 7.43. The van der Waals surface area contributed by atoms with Gasteiger partial charge in [0.25, 0.3) is 0 Å². The minimum absolute atomic E-state index is 0.115. The molecule has 0 radical (unpaired) electrons. The van der Waals surface area contributed by atoms with Crippen molar-refractivity contribution in [2.45, 2.75) is 44.6 Å². The summed E-state index contributed by atoms with van der Waals surface area (Å²) in [4.78, 5) is 12.3. The first kappa shape index (κ1) is 15.4. The van der Waals surface area contributed by atoms with Crippen LogP contribution in [0.1, 0.15) is 38.2 Å². The van der Waals surface area contributed by atoms with E-state index in [2.05, 4.69) is 18.3 Å². The van der Waals surface area contributed by atoms with Crippen molar-refractivity contribution in [2.75, 3.05) is 7.11 Å². The first-order valence-electron chi connectivity index (χ1n) is 7.43. The van der Waals surface area contributed by atoms with Gasteiger partial charge in [-0.1, -0.05) is 25.1 Å². The maximum Gasteiger partial charge on any atom is 0.225 e. The Hall–Kier alpha value is -2.02. The van der Waals surface area contributed by atoms with Crippen LogP contribution in [-0.4, -0.2) is 18.6 Å². The van der Waals surface area contributed by atoms with E-state index in [1.54, 1.807) is 7.11 Å². The standard InChI is InChI=1S/C17H22N2O2/c1-13-7-9-17(12-18,10-8-13)19-16(20)11-14-5-3-4-6-15(14)21-2/h3-6,13H,7-11H2,1-2H3,(H,19,20). The zero-order valence-corrected chi connectivity index (χ0v) is 12.7. The van der Waals surface area contributed by atoms with Gasteiger partial charge in [-0.25, -0.2) is 0 Å². The van der Waals surface area contributed by atoms with E-state index in [1.165, 1.54) is 0 Å². The lowest BCUT2D eigenvalue weighted by Crippen LogP contribution is -2.50. The largest absolute Gasteiger partial charge is 0.496 e. The normalized spacial score (nSPS) is 24.9. The number of carbonyl (C=O) groups excluding carboxylic acids is 1. The molecular formula is C17H22N2O2. The quantitative estimate of drug-likeness (QED) is 0.925. The Morgan fingerprint density at radius 2 is 2.10 bits per heavy atom. The summed E-state index contributed by atoms with van der Waals surface area (Å²) >= 11 is 0. The number of carbonyl (C=O) groups is 1. The van der Waals surface area contributed by atoms with Crippen molar-refractivity contribution < 1.29 is 9.53 Å². The molecule has 21 heavy (non-hydrogen) atoms. The number of nitrogens with one attached hydrogen (secondary N) is 1. The monoisotopic (exact) mass is 286 g/mol. The van der Waals surface area contributed by atoms with Gasteiger partial charge in [-0.15, -0.1) is 0 Å². The Kier molecular flexibility index (Phi) is 4.85. The molecule has 0 heterocycles. The fourth-order valence-electron chi connectivity index (χ4n) is 2.85. The van der Waals surface area contributed by atoms with E-state index in [4.69, 9.17) is 4.74 Å². The van der Waals surface area contributed by atoms with Gasteiger partial charge < -0.3 is 10.1 Å². The van der Waals surface area contributed by atoms with Crippen LogP contribution < -0.4 is 10.1 Å². The highest BCUT2D eigenvalue weighted by molar-refractivity contribution is 5.80. The average Bonchev–Trinajstić information content (AvgIpc) is 2.50. The second-order valence-corrected chi connectivity index (χ2v) is 5.91. The molecule has 0 bridgehead atoms. The lowest BCUT2D eigenvalue weighted by molar-refractivity contribution is -0.122. The molecule has 0 unspecified atom stereocenters. The van der Waals surface area contributed by atoms with E-state index in [-0.39, 0.29) is 12.3 Å². The smallest absolute Gasteiger partial charge is 0.225 e. The molecule has 4 heteroatoms. The van der Waals surface area contributed by atoms with Crippen molar-refractivity contribution in [3.8, 4) is 11.8 Å². The minimum atomic E-state index is -0.689. The molecule has 0 aliphatic heterocycles. The lowest BCUT2D eigenvalue weighted by atomic mass is 9.78. The lowest BCUT2D eigenvalue weighted by Gasteiger charge is -2.34. The molecule has 2 rings (SSSR count). The van der Waals surface area contributed by atoms with Gasteiger partial charge >= 0.3 is 0 Å². The SMILES string of the molecule is COc1ccccc1CC(=O)NC1(C#N)CCC(C)CC1. The Morgan fingerprint density at radius 1 is 1.43 bits per heavy atom. The number of ether oxygens (including phenoxy) is 1. The predicted molar refractivity (Wildman–Crippen MR) is 80.8 cm³/mol. The van der Waals surface area contributed by atoms with Gasteiger partial charge in [-0.2, -0.15) is 5.26 Å². The van der Waals surface area contributed by atoms with E-state index in [0.29, 0.717) is 11.7 Å². The summed E-state index contributed by atoms with van der Waals surface area (Å²) in [5.74, 6) is 1.23. The molecule has 1 fully saturated rings. The number of nitriles is 1. The van der Waals surface area contributed by atoms with Crippen LogP contribution in [0, 0.1) is 17.2 Å². The van der Waals surface area contributed by atoms with Crippen molar-refractivity contribution in [3.05, 3.63) is 29.8 Å². The molecule has 0 spiro atoms. The second-order valence-electron chi connectivity index (χ2n) is 5.91. The summed E-state index contributed by atoms with van der Waals surface area (Å²) in [6, 6.07) is 9.79. The van der Waals surface area contributed by atoms with E-state index in [1.807, 2.05) is 24.3 Å². The molecule has 4 nitrogen and oxygen atoms in total. The van der Waals surface area contributed by atoms with Gasteiger partial charge in [0.1, 0.15) is 11.3 Å². The van der Waals surface area contributed by atoms with Crippen LogP contribution in [0.2, 0.25) is 0 Å². The molecule has 112 valence electrons. The zero-order chi connectivity index (χ0) is 15.3. The van der Waals surface area contributed by atoms with Crippen LogP contribution in [0.5, 0.6) is 5.75 Å². The van der Waals surface area contributed by atoms with Gasteiger partial charge in [0.15, 0.2) is 0 Å². The number of para-hydroxylation sites is 1. The van der Waals surface area contributed by atoms with Crippen LogP contribution >= 0.6 is 0 Å². The summed E-state index contributed by atoms with van der Waals surface area (Å²) in [6.07, 6.45) is 3.69. The second kappa shape index (κ2) is 6.62. The highest BCUT2D eigenvalue weighted by Gasteiger charge is 2.35. The molecule has 0 atom stereocenters. The Bertz CT molecular complexity index is 540. The highest BCUT2D eigenvalue weighted by atomic mass is 16.5. The van der Waals surface area contributed by atoms with Gasteiger partial charge in [0, 0.05) is 5.56 Å². The summed E-state index contributed by atoms with van der Waals surface area (Å²) in [6.45, 7) is 2.19. The van der Waals surface area contributed by atoms with Crippen molar-refractivity contribution in [1.82, 2.24) is 5.32 Å². The zero-order valence-electron chi connectivity index (χ0n) is 12.7. The molecule has 1 aliphatic carbocycles. The van der Waals surface area contributed by atoms with Crippen molar-refractivity contribution in [1.29, 1.82) is 5.26 Å². The Labute approximate surface area is 126 Å². The molecule has 1 aromatic rings. The van der Waals surface area contributed by atoms with Crippen LogP contribution in [0.25, 0.3) is 0 Å². The summed E-state index contributed by atoms with van der Waals surface area (Å²) in [5, 5.41) is 12.4. The van der Waals surface area contributed by atoms with Crippen molar-refractivity contribution >= 4 is 5.91 Å². The fourth-order valence-corrected chi connectivity index (χ4v) is 2.85. The number of methoxy groups -OCH3 is 1. The van der Waals surface area contributed by atoms with Gasteiger partial charge in [0.2, 0.25) is 5.91 Å². The third kappa shape index (κ3) is 3.75. The molecule has 1 aromatic carbocycles. The molecule has 0 aromatic heterocycles. The summed E-state index contributed by atoms with van der Waals surface area (Å²) in [5.41, 5.74) is 0.153. The van der Waals surface area contributed by atoms with E-state index >= 15 is 0 Å². The van der Waals surface area contributed by atoms with E-state index < -0.39 is 5.54 Å². The Morgan fingerprint density at radius 3 is 2.71 bits per heavy atom. The van der Waals surface area contributed by atoms with Gasteiger partial charge in [0.05, 0.1) is 19.6 Å². The third-order valence-corrected chi connectivity index (χ3v) is 4.26. The van der Waals surface area contributed by atoms with Gasteiger partial charge in [-0.3, -0.25) is 4.79 Å². The fraction of sp³-hybridized carbons (Fsp3) is 0.529. The summed E-state index contributed by atoms with van der Waals surface area (Å²) in [7, 11) is 1.59. The van der Waals surface area contributed by atoms with E-state index in [9.17, 15) is 10.1 Å². The summed E-state index contributed by atoms with van der Waals surface area (Å²) < 4.78 is 5.26. The molecule has 1 saturated carbocycles. The number of benzene rings is 1. The number of hydrogen-bond donors (Lipinski definition) is 1. The van der Waals surface area contributed by atoms with Crippen molar-refractivity contribution in [3.63, 3.8) is 0 Å². The average molecular weight is 286 g/mol. The van der Waals surface area contributed by atoms with E-state index in [0.717, 1.165) is 31.2 Å². The molecular weight excluding hydrogens is 264 g/mol. The molecule has 1 amide bonds. The molecule has 0 saturated heterocycles. The predicted octanol–water partition coefficient (Wildman–Crippen LogP) is 2.83. The number of nitrogens with zero attached hydrogens (tertiary/aromatic N) is 1. The highest BCUT2D eigenvalue weighted by Crippen LogP contribution is 2.31. The van der Waals surface area contributed by atoms with Crippen LogP contribution in [0.15, 0.2) is 24.3 Å². The van der Waals surface area contributed by atoms with Crippen LogP contribution in [0.3, 0.4) is 0 Å². The minimum Gasteiger partial charge on any atom is -0.496 e. The first-order chi connectivity index (χ1) is 10.1. The topological polar surface area (TPSA) is 62.1 Å². The molecule has 1 aliphatic rings. The maximum atomic E-state index is 12.3.